The smallest absolute Gasteiger partial charge is 0.326 e. The molecule has 1 aromatic heterocycles. The maximum Gasteiger partial charge on any atom is 0.326 e. The summed E-state index contributed by atoms with van der Waals surface area (Å²) < 4.78 is 0. The maximum absolute atomic E-state index is 13.7. The van der Waals surface area contributed by atoms with Gasteiger partial charge >= 0.3 is 5.97 Å². The first-order valence-corrected chi connectivity index (χ1v) is 14.4. The minimum atomic E-state index is -1.14. The first-order chi connectivity index (χ1) is 19.9. The number of hydrogen-bond donors (Lipinski definition) is 6. The summed E-state index contributed by atoms with van der Waals surface area (Å²) in [5.74, 6) is -2.70. The van der Waals surface area contributed by atoms with E-state index in [9.17, 15) is 24.3 Å². The summed E-state index contributed by atoms with van der Waals surface area (Å²) in [6, 6.07) is 13.0. The zero-order valence-corrected chi connectivity index (χ0v) is 24.7. The van der Waals surface area contributed by atoms with Crippen molar-refractivity contribution in [1.82, 2.24) is 20.9 Å². The normalized spacial score (nSPS) is 14.3. The molecule has 0 bridgehead atoms. The summed E-state index contributed by atoms with van der Waals surface area (Å²) in [5, 5.41) is 18.7. The molecule has 2 aromatic carbocycles. The lowest BCUT2D eigenvalue weighted by atomic mass is 9.99. The Labute approximate surface area is 246 Å². The van der Waals surface area contributed by atoms with E-state index < -0.39 is 47.9 Å². The summed E-state index contributed by atoms with van der Waals surface area (Å²) in [6.45, 7) is 7.55. The number of carboxylic acids is 1. The van der Waals surface area contributed by atoms with Crippen molar-refractivity contribution in [2.45, 2.75) is 77.5 Å². The summed E-state index contributed by atoms with van der Waals surface area (Å²) in [6.07, 6.45) is 2.77. The molecular formula is C32H43N5O5. The molecular weight excluding hydrogens is 534 g/mol. The van der Waals surface area contributed by atoms with Gasteiger partial charge in [-0.05, 0) is 48.3 Å². The summed E-state index contributed by atoms with van der Waals surface area (Å²) in [4.78, 5) is 55.2. The van der Waals surface area contributed by atoms with Gasteiger partial charge in [-0.25, -0.2) is 4.79 Å². The van der Waals surface area contributed by atoms with Crippen molar-refractivity contribution in [3.8, 4) is 0 Å². The van der Waals surface area contributed by atoms with Gasteiger partial charge in [-0.15, -0.1) is 0 Å². The second-order valence-corrected chi connectivity index (χ2v) is 11.6. The molecule has 3 amide bonds. The zero-order chi connectivity index (χ0) is 30.8. The van der Waals surface area contributed by atoms with Gasteiger partial charge in [-0.1, -0.05) is 76.2 Å². The zero-order valence-electron chi connectivity index (χ0n) is 24.7. The number of carbonyl (C=O) groups excluding carboxylic acids is 3. The molecule has 42 heavy (non-hydrogen) atoms. The van der Waals surface area contributed by atoms with Gasteiger partial charge in [0.05, 0.1) is 6.04 Å². The van der Waals surface area contributed by atoms with Gasteiger partial charge < -0.3 is 31.8 Å². The number of aromatic nitrogens is 1. The molecule has 3 rings (SSSR count). The predicted octanol–water partition coefficient (Wildman–Crippen LogP) is 2.91. The van der Waals surface area contributed by atoms with Crippen LogP contribution >= 0.6 is 0 Å². The fraction of sp³-hybridized carbons (Fsp3) is 0.438. The minimum Gasteiger partial charge on any atom is -0.480 e. The highest BCUT2D eigenvalue weighted by Gasteiger charge is 2.31. The first-order valence-electron chi connectivity index (χ1n) is 14.4. The van der Waals surface area contributed by atoms with Crippen LogP contribution in [0.2, 0.25) is 0 Å². The number of amides is 3. The van der Waals surface area contributed by atoms with Gasteiger partial charge in [-0.3, -0.25) is 14.4 Å². The third-order valence-electron chi connectivity index (χ3n) is 7.03. The summed E-state index contributed by atoms with van der Waals surface area (Å²) in [7, 11) is 0. The molecule has 4 atom stereocenters. The molecule has 10 nitrogen and oxygen atoms in total. The van der Waals surface area contributed by atoms with E-state index in [1.54, 1.807) is 6.20 Å². The fourth-order valence-corrected chi connectivity index (χ4v) is 4.91. The van der Waals surface area contributed by atoms with Crippen LogP contribution in [0.25, 0.3) is 10.9 Å². The van der Waals surface area contributed by atoms with Gasteiger partial charge in [0.15, 0.2) is 0 Å². The van der Waals surface area contributed by atoms with Crippen LogP contribution in [0.1, 0.15) is 51.7 Å². The second kappa shape index (κ2) is 15.2. The number of nitrogens with two attached hydrogens (primary N) is 1. The number of carbonyl (C=O) groups is 4. The Morgan fingerprint density at radius 1 is 0.738 bits per heavy atom. The van der Waals surface area contributed by atoms with Crippen molar-refractivity contribution in [3.05, 3.63) is 71.9 Å². The van der Waals surface area contributed by atoms with Crippen molar-refractivity contribution >= 4 is 34.6 Å². The van der Waals surface area contributed by atoms with Crippen LogP contribution in [0.3, 0.4) is 0 Å². The van der Waals surface area contributed by atoms with Crippen LogP contribution in [-0.4, -0.2) is 57.9 Å². The lowest BCUT2D eigenvalue weighted by Gasteiger charge is -2.26. The topological polar surface area (TPSA) is 166 Å². The van der Waals surface area contributed by atoms with E-state index in [1.807, 2.05) is 82.3 Å². The van der Waals surface area contributed by atoms with Gasteiger partial charge in [0.2, 0.25) is 17.7 Å². The quantitative estimate of drug-likeness (QED) is 0.162. The van der Waals surface area contributed by atoms with Crippen molar-refractivity contribution in [2.24, 2.45) is 17.6 Å². The molecule has 7 N–H and O–H groups in total. The number of para-hydroxylation sites is 1. The summed E-state index contributed by atoms with van der Waals surface area (Å²) >= 11 is 0. The van der Waals surface area contributed by atoms with Gasteiger partial charge in [-0.2, -0.15) is 0 Å². The molecule has 1 heterocycles. The molecule has 3 aromatic rings. The van der Waals surface area contributed by atoms with E-state index in [-0.39, 0.29) is 31.1 Å². The Kier molecular flexibility index (Phi) is 11.7. The third-order valence-corrected chi connectivity index (χ3v) is 7.03. The molecule has 0 radical (unpaired) electrons. The number of carboxylic acid groups (broad SMARTS) is 1. The van der Waals surface area contributed by atoms with Crippen LogP contribution < -0.4 is 21.7 Å². The molecule has 0 fully saturated rings. The van der Waals surface area contributed by atoms with Crippen LogP contribution in [0.4, 0.5) is 0 Å². The number of rotatable bonds is 15. The highest BCUT2D eigenvalue weighted by molar-refractivity contribution is 5.95. The molecule has 0 saturated carbocycles. The highest BCUT2D eigenvalue weighted by atomic mass is 16.4. The molecule has 4 unspecified atom stereocenters. The Morgan fingerprint density at radius 3 is 1.93 bits per heavy atom. The number of aliphatic carboxylic acids is 1. The average molecular weight is 578 g/mol. The SMILES string of the molecule is CC(C)CC(NC(=O)C(CC(C)C)NC(=O)C(Cc1c[nH]c2ccccc12)NC(=O)C(N)Cc1ccccc1)C(=O)O. The van der Waals surface area contributed by atoms with Crippen LogP contribution in [0, 0.1) is 11.8 Å². The molecule has 0 spiro atoms. The Hall–Kier alpha value is -4.18. The summed E-state index contributed by atoms with van der Waals surface area (Å²) in [5.41, 5.74) is 8.82. The minimum absolute atomic E-state index is 0.0235. The van der Waals surface area contributed by atoms with E-state index in [4.69, 9.17) is 5.73 Å². The van der Waals surface area contributed by atoms with Crippen molar-refractivity contribution in [2.75, 3.05) is 0 Å². The van der Waals surface area contributed by atoms with Crippen LogP contribution in [-0.2, 0) is 32.0 Å². The highest BCUT2D eigenvalue weighted by Crippen LogP contribution is 2.20. The molecule has 0 saturated heterocycles. The average Bonchev–Trinajstić information content (AvgIpc) is 3.34. The van der Waals surface area contributed by atoms with Crippen molar-refractivity contribution in [1.29, 1.82) is 0 Å². The number of H-pyrrole nitrogens is 1. The van der Waals surface area contributed by atoms with Crippen molar-refractivity contribution in [3.63, 3.8) is 0 Å². The van der Waals surface area contributed by atoms with E-state index in [0.717, 1.165) is 22.0 Å². The second-order valence-electron chi connectivity index (χ2n) is 11.6. The van der Waals surface area contributed by atoms with Crippen LogP contribution in [0.15, 0.2) is 60.8 Å². The third kappa shape index (κ3) is 9.44. The monoisotopic (exact) mass is 577 g/mol. The van der Waals surface area contributed by atoms with Crippen molar-refractivity contribution < 1.29 is 24.3 Å². The standard InChI is InChI=1S/C32H43N5O5/c1-19(2)14-26(30(39)37-28(32(41)42)15-20(3)4)36-31(40)27(17-22-18-34-25-13-9-8-12-23(22)25)35-29(38)24(33)16-21-10-6-5-7-11-21/h5-13,18-20,24,26-28,34H,14-17,33H2,1-4H3,(H,35,38)(H,36,40)(H,37,39)(H,41,42). The molecule has 226 valence electrons. The number of hydrogen-bond acceptors (Lipinski definition) is 5. The van der Waals surface area contributed by atoms with Crippen LogP contribution in [0.5, 0.6) is 0 Å². The Bertz CT molecular complexity index is 1350. The molecule has 10 heteroatoms. The van der Waals surface area contributed by atoms with Gasteiger partial charge in [0.1, 0.15) is 18.1 Å². The fourth-order valence-electron chi connectivity index (χ4n) is 4.91. The lowest BCUT2D eigenvalue weighted by molar-refractivity contribution is -0.143. The van der Waals surface area contributed by atoms with Gasteiger partial charge in [0.25, 0.3) is 0 Å². The molecule has 0 aliphatic carbocycles. The Balaban J connectivity index is 1.83. The number of aromatic amines is 1. The largest absolute Gasteiger partial charge is 0.480 e. The van der Waals surface area contributed by atoms with E-state index >= 15 is 0 Å². The van der Waals surface area contributed by atoms with E-state index in [2.05, 4.69) is 20.9 Å². The predicted molar refractivity (Wildman–Crippen MR) is 162 cm³/mol. The van der Waals surface area contributed by atoms with E-state index in [1.165, 1.54) is 0 Å². The molecule has 0 aliphatic heterocycles. The number of nitrogens with one attached hydrogen (secondary N) is 4. The first kappa shape index (κ1) is 32.3. The number of fused-ring (bicyclic) bond motifs is 1. The van der Waals surface area contributed by atoms with E-state index in [0.29, 0.717) is 6.42 Å². The lowest BCUT2D eigenvalue weighted by Crippen LogP contribution is -2.58. The maximum atomic E-state index is 13.7. The Morgan fingerprint density at radius 2 is 1.29 bits per heavy atom. The molecule has 0 aliphatic rings. The number of benzene rings is 2. The van der Waals surface area contributed by atoms with Gasteiger partial charge in [0, 0.05) is 23.5 Å².